The first-order chi connectivity index (χ1) is 16.4. The number of benzene rings is 2. The molecule has 0 saturated heterocycles. The fourth-order valence-corrected chi connectivity index (χ4v) is 5.40. The number of carbonyl (C=O) groups is 1. The number of aromatic nitrogens is 2. The van der Waals surface area contributed by atoms with Crippen LogP contribution in [0.25, 0.3) is 11.5 Å². The van der Waals surface area contributed by atoms with Crippen molar-refractivity contribution in [1.29, 1.82) is 5.26 Å². The number of anilines is 1. The Bertz CT molecular complexity index is 1250. The van der Waals surface area contributed by atoms with Gasteiger partial charge in [0.1, 0.15) is 0 Å². The van der Waals surface area contributed by atoms with Gasteiger partial charge in [0, 0.05) is 30.9 Å². The molecular formula is C23H25N5O4S2. The quantitative estimate of drug-likeness (QED) is 0.365. The van der Waals surface area contributed by atoms with Crippen LogP contribution in [0.3, 0.4) is 0 Å². The standard InChI is InChI=1S/C23H25N5O4S2/c1-3-27(4-2)34(30,31)20-13-8-10-18(16-20)22-25-26-23(32-22)33-17-21(29)28(15-9-14-24)19-11-6-5-7-12-19/h5-8,10-13,16H,3-4,9,15,17H2,1-2H3. The Labute approximate surface area is 203 Å². The number of nitrogens with zero attached hydrogens (tertiary/aromatic N) is 5. The van der Waals surface area contributed by atoms with Crippen LogP contribution in [-0.4, -0.2) is 54.2 Å². The van der Waals surface area contributed by atoms with Crippen LogP contribution in [0.2, 0.25) is 0 Å². The molecule has 3 aromatic rings. The molecule has 0 spiro atoms. The maximum Gasteiger partial charge on any atom is 0.277 e. The maximum absolute atomic E-state index is 12.8. The van der Waals surface area contributed by atoms with Crippen molar-refractivity contribution in [2.24, 2.45) is 0 Å². The van der Waals surface area contributed by atoms with E-state index in [9.17, 15) is 13.2 Å². The molecule has 178 valence electrons. The minimum Gasteiger partial charge on any atom is -0.411 e. The van der Waals surface area contributed by atoms with E-state index in [1.807, 2.05) is 30.3 Å². The number of thioether (sulfide) groups is 1. The molecule has 34 heavy (non-hydrogen) atoms. The van der Waals surface area contributed by atoms with E-state index in [1.54, 1.807) is 30.9 Å². The van der Waals surface area contributed by atoms with E-state index in [0.717, 1.165) is 11.8 Å². The van der Waals surface area contributed by atoms with Gasteiger partial charge in [-0.1, -0.05) is 49.9 Å². The van der Waals surface area contributed by atoms with Gasteiger partial charge in [0.15, 0.2) is 0 Å². The van der Waals surface area contributed by atoms with E-state index in [4.69, 9.17) is 9.68 Å². The molecule has 1 aromatic heterocycles. The smallest absolute Gasteiger partial charge is 0.277 e. The molecule has 0 aliphatic rings. The zero-order valence-electron chi connectivity index (χ0n) is 18.9. The summed E-state index contributed by atoms with van der Waals surface area (Å²) in [4.78, 5) is 14.5. The van der Waals surface area contributed by atoms with Gasteiger partial charge in [-0.2, -0.15) is 9.57 Å². The summed E-state index contributed by atoms with van der Waals surface area (Å²) < 4.78 is 32.7. The van der Waals surface area contributed by atoms with Crippen LogP contribution >= 0.6 is 11.8 Å². The fraction of sp³-hybridized carbons (Fsp3) is 0.304. The van der Waals surface area contributed by atoms with E-state index in [0.29, 0.717) is 24.3 Å². The maximum atomic E-state index is 12.8. The molecule has 0 bridgehead atoms. The zero-order valence-corrected chi connectivity index (χ0v) is 20.6. The minimum absolute atomic E-state index is 0.0400. The van der Waals surface area contributed by atoms with Crippen molar-refractivity contribution >= 4 is 33.4 Å². The molecular weight excluding hydrogens is 474 g/mol. The highest BCUT2D eigenvalue weighted by Gasteiger charge is 2.23. The topological polar surface area (TPSA) is 120 Å². The van der Waals surface area contributed by atoms with Gasteiger partial charge >= 0.3 is 0 Å². The average Bonchev–Trinajstić information content (AvgIpc) is 3.33. The summed E-state index contributed by atoms with van der Waals surface area (Å²) in [6, 6.07) is 17.5. The molecule has 0 radical (unpaired) electrons. The van der Waals surface area contributed by atoms with Gasteiger partial charge in [-0.15, -0.1) is 10.2 Å². The Balaban J connectivity index is 1.72. The number of rotatable bonds is 11. The lowest BCUT2D eigenvalue weighted by molar-refractivity contribution is -0.116. The summed E-state index contributed by atoms with van der Waals surface area (Å²) in [5.74, 6) is 0.00710. The van der Waals surface area contributed by atoms with E-state index in [-0.39, 0.29) is 40.6 Å². The molecule has 1 heterocycles. The van der Waals surface area contributed by atoms with Gasteiger partial charge in [-0.05, 0) is 30.3 Å². The van der Waals surface area contributed by atoms with Crippen molar-refractivity contribution in [3.8, 4) is 17.5 Å². The highest BCUT2D eigenvalue weighted by molar-refractivity contribution is 7.99. The van der Waals surface area contributed by atoms with Crippen molar-refractivity contribution in [3.63, 3.8) is 0 Å². The molecule has 0 N–H and O–H groups in total. The van der Waals surface area contributed by atoms with Crippen LogP contribution < -0.4 is 4.90 Å². The molecule has 3 rings (SSSR count). The molecule has 9 nitrogen and oxygen atoms in total. The van der Waals surface area contributed by atoms with Crippen LogP contribution in [0.15, 0.2) is 69.1 Å². The molecule has 0 fully saturated rings. The molecule has 0 aliphatic carbocycles. The second-order valence-corrected chi connectivity index (χ2v) is 9.93. The fourth-order valence-electron chi connectivity index (χ4n) is 3.26. The van der Waals surface area contributed by atoms with Crippen molar-refractivity contribution in [2.75, 3.05) is 30.3 Å². The number of sulfonamides is 1. The average molecular weight is 500 g/mol. The highest BCUT2D eigenvalue weighted by Crippen LogP contribution is 2.27. The number of hydrogen-bond acceptors (Lipinski definition) is 8. The van der Waals surface area contributed by atoms with E-state index in [2.05, 4.69) is 16.3 Å². The summed E-state index contributed by atoms with van der Waals surface area (Å²) >= 11 is 1.08. The summed E-state index contributed by atoms with van der Waals surface area (Å²) in [5.41, 5.74) is 1.18. The second-order valence-electron chi connectivity index (χ2n) is 7.07. The predicted octanol–water partition coefficient (Wildman–Crippen LogP) is 3.81. The predicted molar refractivity (Wildman–Crippen MR) is 130 cm³/mol. The third kappa shape index (κ3) is 6.02. The minimum atomic E-state index is -3.62. The lowest BCUT2D eigenvalue weighted by Crippen LogP contribution is -2.33. The lowest BCUT2D eigenvalue weighted by atomic mass is 10.2. The Hall–Kier alpha value is -3.20. The highest BCUT2D eigenvalue weighted by atomic mass is 32.2. The van der Waals surface area contributed by atoms with Crippen LogP contribution in [-0.2, 0) is 14.8 Å². The number of carbonyl (C=O) groups excluding carboxylic acids is 1. The Morgan fingerprint density at radius 1 is 1.09 bits per heavy atom. The normalized spacial score (nSPS) is 11.4. The van der Waals surface area contributed by atoms with Crippen molar-refractivity contribution in [1.82, 2.24) is 14.5 Å². The first-order valence-electron chi connectivity index (χ1n) is 10.7. The van der Waals surface area contributed by atoms with Crippen LogP contribution in [0.1, 0.15) is 20.3 Å². The molecule has 0 saturated carbocycles. The summed E-state index contributed by atoms with van der Waals surface area (Å²) in [5, 5.41) is 17.1. The molecule has 0 atom stereocenters. The summed E-state index contributed by atoms with van der Waals surface area (Å²) in [6.07, 6.45) is 0.211. The Kier molecular flexibility index (Phi) is 8.81. The summed E-state index contributed by atoms with van der Waals surface area (Å²) in [7, 11) is -3.62. The summed E-state index contributed by atoms with van der Waals surface area (Å²) in [6.45, 7) is 4.59. The number of amides is 1. The van der Waals surface area contributed by atoms with Crippen LogP contribution in [0.4, 0.5) is 5.69 Å². The van der Waals surface area contributed by atoms with Gasteiger partial charge < -0.3 is 9.32 Å². The number of nitriles is 1. The number of para-hydroxylation sites is 1. The van der Waals surface area contributed by atoms with Gasteiger partial charge in [-0.3, -0.25) is 4.79 Å². The Morgan fingerprint density at radius 3 is 2.50 bits per heavy atom. The third-order valence-electron chi connectivity index (χ3n) is 4.97. The first-order valence-corrected chi connectivity index (χ1v) is 13.1. The van der Waals surface area contributed by atoms with E-state index in [1.165, 1.54) is 16.4 Å². The van der Waals surface area contributed by atoms with Crippen molar-refractivity contribution < 1.29 is 17.6 Å². The van der Waals surface area contributed by atoms with Crippen LogP contribution in [0.5, 0.6) is 0 Å². The lowest BCUT2D eigenvalue weighted by Gasteiger charge is -2.21. The molecule has 0 aliphatic heterocycles. The van der Waals surface area contributed by atoms with Gasteiger partial charge in [-0.25, -0.2) is 8.42 Å². The van der Waals surface area contributed by atoms with Gasteiger partial charge in [0.05, 0.1) is 23.1 Å². The molecule has 1 amide bonds. The van der Waals surface area contributed by atoms with Crippen molar-refractivity contribution in [3.05, 3.63) is 54.6 Å². The Morgan fingerprint density at radius 2 is 1.82 bits per heavy atom. The van der Waals surface area contributed by atoms with Crippen molar-refractivity contribution in [2.45, 2.75) is 30.4 Å². The largest absolute Gasteiger partial charge is 0.411 e. The molecule has 11 heteroatoms. The van der Waals surface area contributed by atoms with E-state index < -0.39 is 10.0 Å². The molecule has 2 aromatic carbocycles. The third-order valence-corrected chi connectivity index (χ3v) is 7.81. The number of hydrogen-bond donors (Lipinski definition) is 0. The van der Waals surface area contributed by atoms with Gasteiger partial charge in [0.2, 0.25) is 21.8 Å². The van der Waals surface area contributed by atoms with Crippen LogP contribution in [0, 0.1) is 11.3 Å². The SMILES string of the molecule is CCN(CC)S(=O)(=O)c1cccc(-c2nnc(SCC(=O)N(CCC#N)c3ccccc3)o2)c1. The van der Waals surface area contributed by atoms with Gasteiger partial charge in [0.25, 0.3) is 5.22 Å². The second kappa shape index (κ2) is 11.8. The monoisotopic (exact) mass is 499 g/mol. The first kappa shape index (κ1) is 25.4. The molecule has 0 unspecified atom stereocenters. The zero-order chi connectivity index (χ0) is 24.6. The van der Waals surface area contributed by atoms with E-state index >= 15 is 0 Å².